The maximum Gasteiger partial charge on any atom is 0.267 e. The van der Waals surface area contributed by atoms with Gasteiger partial charge in [0.25, 0.3) is 11.5 Å². The average Bonchev–Trinajstić information content (AvgIpc) is 3.09. The molecule has 1 amide bonds. The van der Waals surface area contributed by atoms with Crippen molar-refractivity contribution in [3.8, 4) is 6.07 Å². The van der Waals surface area contributed by atoms with Crippen LogP contribution in [0.5, 0.6) is 0 Å². The summed E-state index contributed by atoms with van der Waals surface area (Å²) in [7, 11) is 0. The second-order valence-corrected chi connectivity index (χ2v) is 7.97. The summed E-state index contributed by atoms with van der Waals surface area (Å²) in [6, 6.07) is 14.6. The average molecular weight is 428 g/mol. The van der Waals surface area contributed by atoms with Gasteiger partial charge in [-0.1, -0.05) is 36.6 Å². The SMILES string of the molecule is Cc1ccc(NC(=O)C(C#N)=Cc2c(N3CCCCCC3)nc3ccccn3c2=O)cc1. The van der Waals surface area contributed by atoms with E-state index < -0.39 is 5.91 Å². The number of fused-ring (bicyclic) bond motifs is 1. The van der Waals surface area contributed by atoms with Crippen LogP contribution in [0.1, 0.15) is 36.8 Å². The zero-order valence-electron chi connectivity index (χ0n) is 18.0. The summed E-state index contributed by atoms with van der Waals surface area (Å²) in [5.41, 5.74) is 2.00. The Morgan fingerprint density at radius 3 is 2.50 bits per heavy atom. The van der Waals surface area contributed by atoms with E-state index >= 15 is 0 Å². The number of aromatic nitrogens is 2. The Morgan fingerprint density at radius 1 is 1.09 bits per heavy atom. The van der Waals surface area contributed by atoms with Crippen molar-refractivity contribution in [3.63, 3.8) is 0 Å². The van der Waals surface area contributed by atoms with Crippen LogP contribution in [-0.2, 0) is 4.79 Å². The molecule has 0 aliphatic carbocycles. The molecule has 162 valence electrons. The van der Waals surface area contributed by atoms with E-state index in [0.29, 0.717) is 17.2 Å². The number of pyridine rings is 1. The summed E-state index contributed by atoms with van der Waals surface area (Å²) in [5.74, 6) is -0.0327. The van der Waals surface area contributed by atoms with Crippen LogP contribution in [0, 0.1) is 18.3 Å². The summed E-state index contributed by atoms with van der Waals surface area (Å²) in [5, 5.41) is 12.4. The highest BCUT2D eigenvalue weighted by Gasteiger charge is 2.20. The largest absolute Gasteiger partial charge is 0.356 e. The maximum absolute atomic E-state index is 13.4. The molecule has 32 heavy (non-hydrogen) atoms. The summed E-state index contributed by atoms with van der Waals surface area (Å²) >= 11 is 0. The van der Waals surface area contributed by atoms with Gasteiger partial charge in [0.1, 0.15) is 23.1 Å². The van der Waals surface area contributed by atoms with Gasteiger partial charge in [0.2, 0.25) is 0 Å². The van der Waals surface area contributed by atoms with Crippen molar-refractivity contribution in [2.75, 3.05) is 23.3 Å². The molecule has 1 fully saturated rings. The van der Waals surface area contributed by atoms with Crippen molar-refractivity contribution in [3.05, 3.63) is 75.7 Å². The third-order valence-corrected chi connectivity index (χ3v) is 5.62. The molecule has 0 unspecified atom stereocenters. The molecule has 4 rings (SSSR count). The summed E-state index contributed by atoms with van der Waals surface area (Å²) in [4.78, 5) is 33.0. The Labute approximate surface area is 186 Å². The first-order valence-electron chi connectivity index (χ1n) is 10.8. The standard InChI is InChI=1S/C25H25N5O2/c1-18-9-11-20(12-10-18)27-24(31)19(17-26)16-21-23(29-13-5-2-3-6-14-29)28-22-8-4-7-15-30(22)25(21)32/h4,7-12,15-16H,2-3,5-6,13-14H2,1H3,(H,27,31). The Hall–Kier alpha value is -3.92. The van der Waals surface area contributed by atoms with E-state index in [1.54, 1.807) is 30.5 Å². The Morgan fingerprint density at radius 2 is 1.81 bits per heavy atom. The molecular weight excluding hydrogens is 402 g/mol. The lowest BCUT2D eigenvalue weighted by Crippen LogP contribution is -2.30. The number of hydrogen-bond acceptors (Lipinski definition) is 5. The van der Waals surface area contributed by atoms with Crippen molar-refractivity contribution in [2.45, 2.75) is 32.6 Å². The molecule has 0 bridgehead atoms. The number of aryl methyl sites for hydroxylation is 1. The number of anilines is 2. The van der Waals surface area contributed by atoms with E-state index in [2.05, 4.69) is 10.2 Å². The summed E-state index contributed by atoms with van der Waals surface area (Å²) in [6.07, 6.45) is 7.31. The predicted molar refractivity (Wildman–Crippen MR) is 126 cm³/mol. The van der Waals surface area contributed by atoms with Crippen LogP contribution in [0.4, 0.5) is 11.5 Å². The van der Waals surface area contributed by atoms with Crippen LogP contribution in [0.3, 0.4) is 0 Å². The molecule has 1 aliphatic heterocycles. The fourth-order valence-corrected chi connectivity index (χ4v) is 3.87. The molecule has 1 aromatic carbocycles. The molecule has 1 saturated heterocycles. The lowest BCUT2D eigenvalue weighted by Gasteiger charge is -2.23. The molecule has 2 aromatic heterocycles. The third kappa shape index (κ3) is 4.54. The second kappa shape index (κ2) is 9.48. The van der Waals surface area contributed by atoms with Gasteiger partial charge < -0.3 is 10.2 Å². The summed E-state index contributed by atoms with van der Waals surface area (Å²) in [6.45, 7) is 3.53. The van der Waals surface area contributed by atoms with Crippen molar-refractivity contribution < 1.29 is 4.79 Å². The fourth-order valence-electron chi connectivity index (χ4n) is 3.87. The lowest BCUT2D eigenvalue weighted by atomic mass is 10.1. The summed E-state index contributed by atoms with van der Waals surface area (Å²) < 4.78 is 1.44. The van der Waals surface area contributed by atoms with Gasteiger partial charge in [-0.25, -0.2) is 4.98 Å². The van der Waals surface area contributed by atoms with Gasteiger partial charge >= 0.3 is 0 Å². The van der Waals surface area contributed by atoms with E-state index in [0.717, 1.165) is 44.3 Å². The fraction of sp³-hybridized carbons (Fsp3) is 0.280. The number of nitrogens with zero attached hydrogens (tertiary/aromatic N) is 4. The molecule has 7 heteroatoms. The number of benzene rings is 1. The van der Waals surface area contributed by atoms with Gasteiger partial charge in [0.05, 0.1) is 5.56 Å². The molecule has 3 heterocycles. The Kier molecular flexibility index (Phi) is 6.31. The number of hydrogen-bond donors (Lipinski definition) is 1. The number of rotatable bonds is 4. The lowest BCUT2D eigenvalue weighted by molar-refractivity contribution is -0.112. The van der Waals surface area contributed by atoms with Crippen LogP contribution in [-0.4, -0.2) is 28.4 Å². The van der Waals surface area contributed by atoms with Gasteiger partial charge in [-0.2, -0.15) is 5.26 Å². The van der Waals surface area contributed by atoms with Crippen LogP contribution in [0.15, 0.2) is 59.0 Å². The molecular formula is C25H25N5O2. The highest BCUT2D eigenvalue weighted by Crippen LogP contribution is 2.23. The zero-order chi connectivity index (χ0) is 22.5. The van der Waals surface area contributed by atoms with Crippen LogP contribution < -0.4 is 15.8 Å². The predicted octanol–water partition coefficient (Wildman–Crippen LogP) is 3.93. The highest BCUT2D eigenvalue weighted by molar-refractivity contribution is 6.10. The molecule has 1 N–H and O–H groups in total. The minimum absolute atomic E-state index is 0.142. The zero-order valence-corrected chi connectivity index (χ0v) is 18.0. The quantitative estimate of drug-likeness (QED) is 0.503. The highest BCUT2D eigenvalue weighted by atomic mass is 16.1. The molecule has 7 nitrogen and oxygen atoms in total. The number of amides is 1. The van der Waals surface area contributed by atoms with Gasteiger partial charge in [0.15, 0.2) is 0 Å². The van der Waals surface area contributed by atoms with Crippen LogP contribution in [0.25, 0.3) is 11.7 Å². The van der Waals surface area contributed by atoms with E-state index in [9.17, 15) is 14.9 Å². The first-order chi connectivity index (χ1) is 15.6. The van der Waals surface area contributed by atoms with E-state index in [-0.39, 0.29) is 16.7 Å². The molecule has 0 radical (unpaired) electrons. The molecule has 3 aromatic rings. The first kappa shape index (κ1) is 21.3. The van der Waals surface area contributed by atoms with Gasteiger partial charge in [0, 0.05) is 25.0 Å². The number of carbonyl (C=O) groups excluding carboxylic acids is 1. The number of nitrogens with one attached hydrogen (secondary N) is 1. The Bertz CT molecular complexity index is 1260. The first-order valence-corrected chi connectivity index (χ1v) is 10.8. The Balaban J connectivity index is 1.79. The molecule has 0 atom stereocenters. The monoisotopic (exact) mass is 427 g/mol. The van der Waals surface area contributed by atoms with Crippen LogP contribution >= 0.6 is 0 Å². The van der Waals surface area contributed by atoms with Crippen molar-refractivity contribution in [1.29, 1.82) is 5.26 Å². The van der Waals surface area contributed by atoms with E-state index in [4.69, 9.17) is 4.98 Å². The number of carbonyl (C=O) groups is 1. The maximum atomic E-state index is 13.4. The molecule has 1 aliphatic rings. The van der Waals surface area contributed by atoms with Gasteiger partial charge in [-0.3, -0.25) is 14.0 Å². The van der Waals surface area contributed by atoms with Gasteiger partial charge in [-0.05, 0) is 50.1 Å². The van der Waals surface area contributed by atoms with Crippen LogP contribution in [0.2, 0.25) is 0 Å². The minimum Gasteiger partial charge on any atom is -0.356 e. The third-order valence-electron chi connectivity index (χ3n) is 5.62. The molecule has 0 saturated carbocycles. The topological polar surface area (TPSA) is 90.5 Å². The normalized spacial score (nSPS) is 14.6. The van der Waals surface area contributed by atoms with Crippen molar-refractivity contribution in [1.82, 2.24) is 9.38 Å². The van der Waals surface area contributed by atoms with Crippen molar-refractivity contribution >= 4 is 29.1 Å². The van der Waals surface area contributed by atoms with E-state index in [1.165, 1.54) is 10.5 Å². The smallest absolute Gasteiger partial charge is 0.267 e. The number of nitriles is 1. The van der Waals surface area contributed by atoms with Crippen molar-refractivity contribution in [2.24, 2.45) is 0 Å². The van der Waals surface area contributed by atoms with E-state index in [1.807, 2.05) is 31.2 Å². The minimum atomic E-state index is -0.560. The molecule has 0 spiro atoms. The second-order valence-electron chi connectivity index (χ2n) is 7.97. The van der Waals surface area contributed by atoms with Gasteiger partial charge in [-0.15, -0.1) is 0 Å².